The van der Waals surface area contributed by atoms with Crippen molar-refractivity contribution in [3.05, 3.63) is 41.5 Å². The Hall–Kier alpha value is -1.80. The fourth-order valence-corrected chi connectivity index (χ4v) is 3.01. The zero-order chi connectivity index (χ0) is 17.7. The van der Waals surface area contributed by atoms with Crippen molar-refractivity contribution in [2.45, 2.75) is 0 Å². The molecule has 0 aliphatic carbocycles. The van der Waals surface area contributed by atoms with Crippen molar-refractivity contribution < 1.29 is 22.0 Å². The molecule has 0 atom stereocenters. The summed E-state index contributed by atoms with van der Waals surface area (Å²) in [7, 11) is -3.01. The summed E-state index contributed by atoms with van der Waals surface area (Å²) in [5, 5.41) is 0. The SMILES string of the molecule is CS(=O)(=O)CCN1CCN(C(=O)/C=C/c2c(F)cccc2F)CC1. The van der Waals surface area contributed by atoms with E-state index in [1.807, 2.05) is 4.90 Å². The summed E-state index contributed by atoms with van der Waals surface area (Å²) < 4.78 is 49.3. The smallest absolute Gasteiger partial charge is 0.246 e. The number of carbonyl (C=O) groups is 1. The Bertz CT molecular complexity index is 707. The van der Waals surface area contributed by atoms with Gasteiger partial charge in [-0.05, 0) is 18.2 Å². The molecule has 1 fully saturated rings. The second-order valence-electron chi connectivity index (χ2n) is 5.77. The molecule has 1 aromatic carbocycles. The van der Waals surface area contributed by atoms with Crippen molar-refractivity contribution >= 4 is 21.8 Å². The molecule has 24 heavy (non-hydrogen) atoms. The van der Waals surface area contributed by atoms with Crippen LogP contribution in [0.3, 0.4) is 0 Å². The highest BCUT2D eigenvalue weighted by atomic mass is 32.2. The van der Waals surface area contributed by atoms with Gasteiger partial charge in [-0.3, -0.25) is 9.69 Å². The highest BCUT2D eigenvalue weighted by Crippen LogP contribution is 2.14. The first-order valence-electron chi connectivity index (χ1n) is 7.57. The summed E-state index contributed by atoms with van der Waals surface area (Å²) in [6.07, 6.45) is 3.50. The third kappa shape index (κ3) is 5.38. The monoisotopic (exact) mass is 358 g/mol. The maximum Gasteiger partial charge on any atom is 0.246 e. The lowest BCUT2D eigenvalue weighted by atomic mass is 10.2. The highest BCUT2D eigenvalue weighted by molar-refractivity contribution is 7.90. The van der Waals surface area contributed by atoms with Crippen molar-refractivity contribution in [2.75, 3.05) is 44.7 Å². The Balaban J connectivity index is 1.88. The van der Waals surface area contributed by atoms with Gasteiger partial charge >= 0.3 is 0 Å². The number of hydrogen-bond acceptors (Lipinski definition) is 4. The second-order valence-corrected chi connectivity index (χ2v) is 8.03. The fraction of sp³-hybridized carbons (Fsp3) is 0.438. The summed E-state index contributed by atoms with van der Waals surface area (Å²) in [4.78, 5) is 15.7. The van der Waals surface area contributed by atoms with Gasteiger partial charge in [0.1, 0.15) is 21.5 Å². The number of piperazine rings is 1. The minimum Gasteiger partial charge on any atom is -0.337 e. The number of rotatable bonds is 5. The molecule has 1 saturated heterocycles. The molecule has 0 unspecified atom stereocenters. The molecule has 0 spiro atoms. The van der Waals surface area contributed by atoms with Gasteiger partial charge in [0, 0.05) is 50.6 Å². The summed E-state index contributed by atoms with van der Waals surface area (Å²) in [5.74, 6) is -1.66. The molecule has 132 valence electrons. The van der Waals surface area contributed by atoms with Gasteiger partial charge in [-0.15, -0.1) is 0 Å². The molecule has 8 heteroatoms. The average Bonchev–Trinajstić information content (AvgIpc) is 2.52. The standard InChI is InChI=1S/C16H20F2N2O3S/c1-24(22,23)12-11-19-7-9-20(10-8-19)16(21)6-5-13-14(17)3-2-4-15(13)18/h2-6H,7-12H2,1H3/b6-5+. The molecule has 2 rings (SSSR count). The van der Waals surface area contributed by atoms with Gasteiger partial charge in [0.25, 0.3) is 0 Å². The van der Waals surface area contributed by atoms with Crippen LogP contribution >= 0.6 is 0 Å². The third-order valence-electron chi connectivity index (χ3n) is 3.85. The number of carbonyl (C=O) groups excluding carboxylic acids is 1. The van der Waals surface area contributed by atoms with Crippen LogP contribution in [0.25, 0.3) is 6.08 Å². The maximum absolute atomic E-state index is 13.5. The number of nitrogens with zero attached hydrogens (tertiary/aromatic N) is 2. The first kappa shape index (κ1) is 18.5. The minimum absolute atomic E-state index is 0.0907. The predicted octanol–water partition coefficient (Wildman–Crippen LogP) is 1.17. The Morgan fingerprint density at radius 2 is 1.75 bits per heavy atom. The van der Waals surface area contributed by atoms with E-state index in [9.17, 15) is 22.0 Å². The summed E-state index contributed by atoms with van der Waals surface area (Å²) in [6.45, 7) is 2.49. The molecule has 1 aliphatic heterocycles. The normalized spacial score (nSPS) is 16.7. The number of benzene rings is 1. The van der Waals surface area contributed by atoms with Crippen LogP contribution in [0.1, 0.15) is 5.56 Å². The first-order chi connectivity index (χ1) is 11.3. The quantitative estimate of drug-likeness (QED) is 0.742. The number of hydrogen-bond donors (Lipinski definition) is 0. The van der Waals surface area contributed by atoms with Crippen LogP contribution in [-0.4, -0.2) is 68.9 Å². The van der Waals surface area contributed by atoms with Crippen LogP contribution < -0.4 is 0 Å². The number of amides is 1. The lowest BCUT2D eigenvalue weighted by Gasteiger charge is -2.34. The third-order valence-corrected chi connectivity index (χ3v) is 4.78. The first-order valence-corrected chi connectivity index (χ1v) is 9.63. The molecule has 1 aromatic rings. The minimum atomic E-state index is -3.01. The van der Waals surface area contributed by atoms with Gasteiger partial charge < -0.3 is 4.90 Å². The highest BCUT2D eigenvalue weighted by Gasteiger charge is 2.20. The van der Waals surface area contributed by atoms with Crippen LogP contribution in [0, 0.1) is 11.6 Å². The maximum atomic E-state index is 13.5. The van der Waals surface area contributed by atoms with Crippen molar-refractivity contribution in [3.63, 3.8) is 0 Å². The van der Waals surface area contributed by atoms with Gasteiger partial charge in [-0.1, -0.05) is 6.07 Å². The topological polar surface area (TPSA) is 57.7 Å². The molecular formula is C16H20F2N2O3S. The van der Waals surface area contributed by atoms with E-state index in [-0.39, 0.29) is 17.2 Å². The van der Waals surface area contributed by atoms with Crippen molar-refractivity contribution in [1.82, 2.24) is 9.80 Å². The van der Waals surface area contributed by atoms with Crippen LogP contribution in [0.5, 0.6) is 0 Å². The Morgan fingerprint density at radius 3 is 2.29 bits per heavy atom. The van der Waals surface area contributed by atoms with Gasteiger partial charge in [-0.25, -0.2) is 17.2 Å². The summed E-state index contributed by atoms with van der Waals surface area (Å²) >= 11 is 0. The molecule has 0 radical (unpaired) electrons. The van der Waals surface area contributed by atoms with Gasteiger partial charge in [0.05, 0.1) is 5.75 Å². The molecule has 5 nitrogen and oxygen atoms in total. The Morgan fingerprint density at radius 1 is 1.17 bits per heavy atom. The van der Waals surface area contributed by atoms with Crippen LogP contribution in [-0.2, 0) is 14.6 Å². The van der Waals surface area contributed by atoms with E-state index in [0.717, 1.165) is 24.3 Å². The number of sulfone groups is 1. The lowest BCUT2D eigenvalue weighted by Crippen LogP contribution is -2.49. The molecule has 1 amide bonds. The summed E-state index contributed by atoms with van der Waals surface area (Å²) in [6, 6.07) is 3.53. The van der Waals surface area contributed by atoms with Crippen molar-refractivity contribution in [3.8, 4) is 0 Å². The summed E-state index contributed by atoms with van der Waals surface area (Å²) in [5.41, 5.74) is -0.238. The van der Waals surface area contributed by atoms with E-state index in [0.29, 0.717) is 32.7 Å². The van der Waals surface area contributed by atoms with Crippen LogP contribution in [0.2, 0.25) is 0 Å². The zero-order valence-corrected chi connectivity index (χ0v) is 14.2. The molecular weight excluding hydrogens is 338 g/mol. The predicted molar refractivity (Wildman–Crippen MR) is 88.1 cm³/mol. The van der Waals surface area contributed by atoms with Crippen LogP contribution in [0.15, 0.2) is 24.3 Å². The Labute approximate surface area is 140 Å². The van der Waals surface area contributed by atoms with Gasteiger partial charge in [-0.2, -0.15) is 0 Å². The van der Waals surface area contributed by atoms with Gasteiger partial charge in [0.15, 0.2) is 0 Å². The van der Waals surface area contributed by atoms with Crippen molar-refractivity contribution in [2.24, 2.45) is 0 Å². The van der Waals surface area contributed by atoms with E-state index in [4.69, 9.17) is 0 Å². The number of halogens is 2. The molecule has 0 aromatic heterocycles. The largest absolute Gasteiger partial charge is 0.337 e. The molecule has 0 bridgehead atoms. The van der Waals surface area contributed by atoms with E-state index in [2.05, 4.69) is 0 Å². The average molecular weight is 358 g/mol. The molecule has 1 heterocycles. The van der Waals surface area contributed by atoms with E-state index in [1.165, 1.54) is 12.3 Å². The molecule has 0 N–H and O–H groups in total. The van der Waals surface area contributed by atoms with E-state index >= 15 is 0 Å². The lowest BCUT2D eigenvalue weighted by molar-refractivity contribution is -0.127. The zero-order valence-electron chi connectivity index (χ0n) is 13.4. The van der Waals surface area contributed by atoms with Crippen molar-refractivity contribution in [1.29, 1.82) is 0 Å². The van der Waals surface area contributed by atoms with Crippen LogP contribution in [0.4, 0.5) is 8.78 Å². The Kier molecular flexibility index (Phi) is 6.06. The van der Waals surface area contributed by atoms with E-state index < -0.39 is 21.5 Å². The van der Waals surface area contributed by atoms with Gasteiger partial charge in [0.2, 0.25) is 5.91 Å². The second kappa shape index (κ2) is 7.85. The van der Waals surface area contributed by atoms with E-state index in [1.54, 1.807) is 4.90 Å². The molecule has 1 aliphatic rings. The fourth-order valence-electron chi connectivity index (χ4n) is 2.42. The molecule has 0 saturated carbocycles.